The van der Waals surface area contributed by atoms with Gasteiger partial charge >= 0.3 is 0 Å². The fourth-order valence-corrected chi connectivity index (χ4v) is 2.83. The van der Waals surface area contributed by atoms with E-state index in [1.165, 1.54) is 5.56 Å². The van der Waals surface area contributed by atoms with Gasteiger partial charge in [0.25, 0.3) is 0 Å². The van der Waals surface area contributed by atoms with Crippen LogP contribution in [-0.2, 0) is 11.3 Å². The summed E-state index contributed by atoms with van der Waals surface area (Å²) in [4.78, 5) is 10.2. The van der Waals surface area contributed by atoms with Gasteiger partial charge in [-0.2, -0.15) is 0 Å². The van der Waals surface area contributed by atoms with Crippen molar-refractivity contribution in [2.45, 2.75) is 26.4 Å². The number of morpholine rings is 1. The number of aromatic amines is 1. The van der Waals surface area contributed by atoms with Gasteiger partial charge < -0.3 is 14.5 Å². The molecule has 1 fully saturated rings. The molecule has 1 aliphatic rings. The number of hydrogen-bond acceptors (Lipinski definition) is 4. The molecule has 0 radical (unpaired) electrons. The Balaban J connectivity index is 1.80. The number of aryl methyl sites for hydroxylation is 1. The molecule has 0 unspecified atom stereocenters. The first kappa shape index (κ1) is 15.1. The zero-order valence-corrected chi connectivity index (χ0v) is 13.2. The molecule has 1 N–H and O–H groups in total. The minimum absolute atomic E-state index is 0.164. The Kier molecular flexibility index (Phi) is 4.75. The smallest absolute Gasteiger partial charge is 0.126 e. The number of ether oxygens (including phenoxy) is 2. The van der Waals surface area contributed by atoms with Crippen molar-refractivity contribution in [3.63, 3.8) is 0 Å². The molecular formula is C17H23N3O2. The van der Waals surface area contributed by atoms with Crippen LogP contribution in [0.2, 0.25) is 0 Å². The van der Waals surface area contributed by atoms with Crippen molar-refractivity contribution < 1.29 is 9.47 Å². The highest BCUT2D eigenvalue weighted by atomic mass is 16.5. The van der Waals surface area contributed by atoms with Gasteiger partial charge in [-0.25, -0.2) is 4.98 Å². The van der Waals surface area contributed by atoms with E-state index in [1.807, 2.05) is 32.2 Å². The van der Waals surface area contributed by atoms with E-state index in [-0.39, 0.29) is 6.04 Å². The van der Waals surface area contributed by atoms with Crippen molar-refractivity contribution in [1.29, 1.82) is 0 Å². The molecule has 0 aliphatic carbocycles. The quantitative estimate of drug-likeness (QED) is 0.922. The lowest BCUT2D eigenvalue weighted by Gasteiger charge is -2.34. The SMILES string of the molecule is CCOc1ccccc1CN1CCOC[C@H]1c1ncc(C)[nH]1. The van der Waals surface area contributed by atoms with Crippen molar-refractivity contribution in [3.05, 3.63) is 47.5 Å². The highest BCUT2D eigenvalue weighted by molar-refractivity contribution is 5.33. The molecule has 0 saturated carbocycles. The molecule has 1 saturated heterocycles. The van der Waals surface area contributed by atoms with Crippen molar-refractivity contribution in [1.82, 2.24) is 14.9 Å². The average molecular weight is 301 g/mol. The Bertz CT molecular complexity index is 611. The summed E-state index contributed by atoms with van der Waals surface area (Å²) >= 11 is 0. The van der Waals surface area contributed by atoms with E-state index >= 15 is 0 Å². The number of benzene rings is 1. The van der Waals surface area contributed by atoms with Crippen LogP contribution >= 0.6 is 0 Å². The third kappa shape index (κ3) is 3.31. The number of hydrogen-bond donors (Lipinski definition) is 1. The van der Waals surface area contributed by atoms with E-state index in [1.54, 1.807) is 0 Å². The summed E-state index contributed by atoms with van der Waals surface area (Å²) in [6.45, 7) is 7.88. The van der Waals surface area contributed by atoms with Gasteiger partial charge in [0, 0.05) is 30.5 Å². The maximum absolute atomic E-state index is 5.74. The highest BCUT2D eigenvalue weighted by Gasteiger charge is 2.27. The highest BCUT2D eigenvalue weighted by Crippen LogP contribution is 2.27. The average Bonchev–Trinajstić information content (AvgIpc) is 2.96. The zero-order chi connectivity index (χ0) is 15.4. The molecule has 0 spiro atoms. The molecule has 118 valence electrons. The van der Waals surface area contributed by atoms with Gasteiger partial charge in [0.05, 0.1) is 25.9 Å². The van der Waals surface area contributed by atoms with Crippen molar-refractivity contribution in [3.8, 4) is 5.75 Å². The summed E-state index contributed by atoms with van der Waals surface area (Å²) < 4.78 is 11.4. The van der Waals surface area contributed by atoms with Crippen molar-refractivity contribution in [2.24, 2.45) is 0 Å². The lowest BCUT2D eigenvalue weighted by atomic mass is 10.1. The molecule has 2 heterocycles. The monoisotopic (exact) mass is 301 g/mol. The Morgan fingerprint density at radius 3 is 3.05 bits per heavy atom. The van der Waals surface area contributed by atoms with Crippen LogP contribution in [0.4, 0.5) is 0 Å². The van der Waals surface area contributed by atoms with E-state index in [0.29, 0.717) is 13.2 Å². The maximum Gasteiger partial charge on any atom is 0.126 e. The molecule has 0 amide bonds. The minimum atomic E-state index is 0.164. The first-order valence-corrected chi connectivity index (χ1v) is 7.82. The van der Waals surface area contributed by atoms with Crippen LogP contribution in [0.1, 0.15) is 30.0 Å². The fraction of sp³-hybridized carbons (Fsp3) is 0.471. The van der Waals surface area contributed by atoms with E-state index in [0.717, 1.165) is 37.0 Å². The Morgan fingerprint density at radius 1 is 1.41 bits per heavy atom. The lowest BCUT2D eigenvalue weighted by molar-refractivity contribution is -0.0159. The van der Waals surface area contributed by atoms with Crippen molar-refractivity contribution in [2.75, 3.05) is 26.4 Å². The molecule has 2 aromatic rings. The third-order valence-electron chi connectivity index (χ3n) is 3.92. The third-order valence-corrected chi connectivity index (χ3v) is 3.92. The van der Waals surface area contributed by atoms with Crippen LogP contribution in [0.25, 0.3) is 0 Å². The van der Waals surface area contributed by atoms with Crippen LogP contribution in [0.15, 0.2) is 30.5 Å². The van der Waals surface area contributed by atoms with Gasteiger partial charge in [0.2, 0.25) is 0 Å². The standard InChI is InChI=1S/C17H23N3O2/c1-3-22-16-7-5-4-6-14(16)11-20-8-9-21-12-15(20)17-18-10-13(2)19-17/h4-7,10,15H,3,8-9,11-12H2,1-2H3,(H,18,19)/t15-/m0/s1. The van der Waals surface area contributed by atoms with Crippen LogP contribution in [0.5, 0.6) is 5.75 Å². The van der Waals surface area contributed by atoms with Crippen molar-refractivity contribution >= 4 is 0 Å². The maximum atomic E-state index is 5.74. The number of aromatic nitrogens is 2. The first-order chi connectivity index (χ1) is 10.8. The second-order valence-corrected chi connectivity index (χ2v) is 5.55. The predicted molar refractivity (Wildman–Crippen MR) is 84.9 cm³/mol. The topological polar surface area (TPSA) is 50.4 Å². The molecule has 1 aliphatic heterocycles. The molecular weight excluding hydrogens is 278 g/mol. The number of imidazole rings is 1. The van der Waals surface area contributed by atoms with Gasteiger partial charge in [-0.05, 0) is 19.9 Å². The molecule has 1 aromatic carbocycles. The van der Waals surface area contributed by atoms with Gasteiger partial charge in [0.15, 0.2) is 0 Å². The first-order valence-electron chi connectivity index (χ1n) is 7.82. The van der Waals surface area contributed by atoms with E-state index in [9.17, 15) is 0 Å². The molecule has 1 aromatic heterocycles. The summed E-state index contributed by atoms with van der Waals surface area (Å²) in [5.41, 5.74) is 2.29. The number of nitrogens with one attached hydrogen (secondary N) is 1. The molecule has 5 nitrogen and oxygen atoms in total. The van der Waals surface area contributed by atoms with Gasteiger partial charge in [-0.1, -0.05) is 18.2 Å². The Morgan fingerprint density at radius 2 is 2.27 bits per heavy atom. The van der Waals surface area contributed by atoms with Crippen LogP contribution in [-0.4, -0.2) is 41.2 Å². The molecule has 22 heavy (non-hydrogen) atoms. The predicted octanol–water partition coefficient (Wildman–Crippen LogP) is 2.69. The number of para-hydroxylation sites is 1. The normalized spacial score (nSPS) is 19.3. The minimum Gasteiger partial charge on any atom is -0.494 e. The lowest BCUT2D eigenvalue weighted by Crippen LogP contribution is -2.39. The molecule has 0 bridgehead atoms. The molecule has 3 rings (SSSR count). The van der Waals surface area contributed by atoms with Crippen LogP contribution in [0.3, 0.4) is 0 Å². The second kappa shape index (κ2) is 6.94. The fourth-order valence-electron chi connectivity index (χ4n) is 2.83. The van der Waals surface area contributed by atoms with Gasteiger partial charge in [-0.15, -0.1) is 0 Å². The molecule has 1 atom stereocenters. The summed E-state index contributed by atoms with van der Waals surface area (Å²) in [7, 11) is 0. The Hall–Kier alpha value is -1.85. The van der Waals surface area contributed by atoms with Gasteiger partial charge in [0.1, 0.15) is 11.6 Å². The van der Waals surface area contributed by atoms with Crippen LogP contribution in [0, 0.1) is 6.92 Å². The Labute approximate surface area is 131 Å². The largest absolute Gasteiger partial charge is 0.494 e. The summed E-state index contributed by atoms with van der Waals surface area (Å²) in [6.07, 6.45) is 1.87. The summed E-state index contributed by atoms with van der Waals surface area (Å²) in [6, 6.07) is 8.40. The van der Waals surface area contributed by atoms with Gasteiger partial charge in [-0.3, -0.25) is 4.90 Å². The summed E-state index contributed by atoms with van der Waals surface area (Å²) in [5, 5.41) is 0. The van der Waals surface area contributed by atoms with E-state index in [4.69, 9.17) is 9.47 Å². The number of rotatable bonds is 5. The van der Waals surface area contributed by atoms with E-state index in [2.05, 4.69) is 27.0 Å². The second-order valence-electron chi connectivity index (χ2n) is 5.55. The van der Waals surface area contributed by atoms with E-state index < -0.39 is 0 Å². The zero-order valence-electron chi connectivity index (χ0n) is 13.2. The molecule has 5 heteroatoms. The van der Waals surface area contributed by atoms with Crippen LogP contribution < -0.4 is 4.74 Å². The summed E-state index contributed by atoms with van der Waals surface area (Å²) in [5.74, 6) is 1.94. The number of H-pyrrole nitrogens is 1. The number of nitrogens with zero attached hydrogens (tertiary/aromatic N) is 2.